The van der Waals surface area contributed by atoms with Crippen molar-refractivity contribution in [1.29, 1.82) is 0 Å². The maximum Gasteiger partial charge on any atom is 0.435 e. The number of nitrogens with two attached hydrogens (primary N) is 2. The van der Waals surface area contributed by atoms with Gasteiger partial charge in [-0.3, -0.25) is 0 Å². The third-order valence-corrected chi connectivity index (χ3v) is 2.24. The van der Waals surface area contributed by atoms with Gasteiger partial charge in [-0.05, 0) is 6.07 Å². The predicted molar refractivity (Wildman–Crippen MR) is 55.6 cm³/mol. The molecule has 1 heterocycles. The van der Waals surface area contributed by atoms with Crippen molar-refractivity contribution in [2.24, 2.45) is 0 Å². The normalized spacial score (nSPS) is 11.9. The summed E-state index contributed by atoms with van der Waals surface area (Å²) in [6.07, 6.45) is -4.60. The van der Waals surface area contributed by atoms with Gasteiger partial charge in [-0.1, -0.05) is 18.2 Å². The Balaban J connectivity index is 2.84. The summed E-state index contributed by atoms with van der Waals surface area (Å²) in [4.78, 5) is 3.48. The largest absolute Gasteiger partial charge is 0.435 e. The molecule has 1 aromatic carbocycles. The lowest BCUT2D eigenvalue weighted by molar-refractivity contribution is -0.140. The number of hydrogen-bond donors (Lipinski definition) is 2. The highest BCUT2D eigenvalue weighted by Crippen LogP contribution is 2.37. The molecule has 0 amide bonds. The first-order valence-corrected chi connectivity index (χ1v) is 4.42. The molecule has 3 nitrogen and oxygen atoms in total. The molecular formula is C10H8F3N3. The van der Waals surface area contributed by atoms with Gasteiger partial charge in [0.1, 0.15) is 0 Å². The number of aromatic nitrogens is 1. The van der Waals surface area contributed by atoms with Gasteiger partial charge in [0.05, 0.1) is 16.9 Å². The molecule has 6 heteroatoms. The maximum absolute atomic E-state index is 12.6. The van der Waals surface area contributed by atoms with Crippen molar-refractivity contribution in [1.82, 2.24) is 4.98 Å². The van der Waals surface area contributed by atoms with Gasteiger partial charge in [0.25, 0.3) is 0 Å². The monoisotopic (exact) mass is 227 g/mol. The molecule has 2 aromatic rings. The Morgan fingerprint density at radius 1 is 1.00 bits per heavy atom. The van der Waals surface area contributed by atoms with Crippen LogP contribution in [-0.2, 0) is 6.18 Å². The van der Waals surface area contributed by atoms with E-state index in [1.54, 1.807) is 18.2 Å². The van der Waals surface area contributed by atoms with Crippen molar-refractivity contribution in [3.05, 3.63) is 30.0 Å². The highest BCUT2D eigenvalue weighted by atomic mass is 19.4. The summed E-state index contributed by atoms with van der Waals surface area (Å²) in [6.45, 7) is 0. The predicted octanol–water partition coefficient (Wildman–Crippen LogP) is 2.42. The van der Waals surface area contributed by atoms with Crippen LogP contribution in [0.2, 0.25) is 0 Å². The van der Waals surface area contributed by atoms with Crippen LogP contribution in [0.4, 0.5) is 24.5 Å². The van der Waals surface area contributed by atoms with E-state index in [0.29, 0.717) is 5.39 Å². The van der Waals surface area contributed by atoms with Gasteiger partial charge in [0.2, 0.25) is 0 Å². The van der Waals surface area contributed by atoms with Crippen LogP contribution in [0.3, 0.4) is 0 Å². The summed E-state index contributed by atoms with van der Waals surface area (Å²) < 4.78 is 37.7. The Morgan fingerprint density at radius 3 is 2.25 bits per heavy atom. The number of anilines is 2. The Labute approximate surface area is 88.9 Å². The van der Waals surface area contributed by atoms with Crippen LogP contribution < -0.4 is 11.5 Å². The topological polar surface area (TPSA) is 64.9 Å². The zero-order chi connectivity index (χ0) is 11.9. The highest BCUT2D eigenvalue weighted by Gasteiger charge is 2.36. The van der Waals surface area contributed by atoms with Crippen LogP contribution in [0.5, 0.6) is 0 Å². The molecule has 0 radical (unpaired) electrons. The van der Waals surface area contributed by atoms with Crippen LogP contribution in [0, 0.1) is 0 Å². The van der Waals surface area contributed by atoms with E-state index in [4.69, 9.17) is 11.5 Å². The minimum absolute atomic E-state index is 0.0853. The molecule has 0 saturated carbocycles. The van der Waals surface area contributed by atoms with Gasteiger partial charge in [0, 0.05) is 5.39 Å². The summed E-state index contributed by atoms with van der Waals surface area (Å²) in [5.41, 5.74) is 9.32. The minimum Gasteiger partial charge on any atom is -0.396 e. The number of benzene rings is 1. The van der Waals surface area contributed by atoms with E-state index < -0.39 is 17.6 Å². The van der Waals surface area contributed by atoms with Gasteiger partial charge in [-0.15, -0.1) is 0 Å². The number of rotatable bonds is 0. The third kappa shape index (κ3) is 1.52. The number of para-hydroxylation sites is 1. The van der Waals surface area contributed by atoms with Crippen LogP contribution in [0.25, 0.3) is 10.9 Å². The number of nitrogen functional groups attached to an aromatic ring is 2. The Kier molecular flexibility index (Phi) is 2.15. The number of pyridine rings is 1. The van der Waals surface area contributed by atoms with Crippen molar-refractivity contribution < 1.29 is 13.2 Å². The van der Waals surface area contributed by atoms with E-state index in [1.165, 1.54) is 6.07 Å². The van der Waals surface area contributed by atoms with Gasteiger partial charge < -0.3 is 11.5 Å². The molecule has 84 valence electrons. The maximum atomic E-state index is 12.6. The lowest BCUT2D eigenvalue weighted by Gasteiger charge is -2.12. The van der Waals surface area contributed by atoms with E-state index in [2.05, 4.69) is 4.98 Å². The molecule has 16 heavy (non-hydrogen) atoms. The van der Waals surface area contributed by atoms with Crippen LogP contribution >= 0.6 is 0 Å². The summed E-state index contributed by atoms with van der Waals surface area (Å²) in [6, 6.07) is 6.28. The molecule has 0 unspecified atom stereocenters. The Bertz CT molecular complexity index is 549. The zero-order valence-corrected chi connectivity index (χ0v) is 8.05. The minimum atomic E-state index is -4.60. The first-order chi connectivity index (χ1) is 7.41. The molecule has 2 rings (SSSR count). The quantitative estimate of drug-likeness (QED) is 0.726. The van der Waals surface area contributed by atoms with Gasteiger partial charge in [0.15, 0.2) is 5.69 Å². The number of halogens is 3. The number of hydrogen-bond acceptors (Lipinski definition) is 3. The molecule has 0 saturated heterocycles. The summed E-state index contributed by atoms with van der Waals surface area (Å²) >= 11 is 0. The van der Waals surface area contributed by atoms with E-state index in [0.717, 1.165) is 0 Å². The van der Waals surface area contributed by atoms with Crippen molar-refractivity contribution >= 4 is 22.3 Å². The standard InChI is InChI=1S/C10H8F3N3/c11-10(12,13)9-8(15)7(14)5-3-1-2-4-6(5)16-9/h1-4H,15H2,(H2,14,16). The molecule has 0 aliphatic rings. The summed E-state index contributed by atoms with van der Waals surface area (Å²) in [7, 11) is 0. The first-order valence-electron chi connectivity index (χ1n) is 4.42. The smallest absolute Gasteiger partial charge is 0.396 e. The molecular weight excluding hydrogens is 219 g/mol. The molecule has 0 atom stereocenters. The lowest BCUT2D eigenvalue weighted by Crippen LogP contribution is -2.13. The molecule has 0 aliphatic carbocycles. The SMILES string of the molecule is Nc1c(C(F)(F)F)nc2ccccc2c1N. The van der Waals surface area contributed by atoms with E-state index in [-0.39, 0.29) is 11.2 Å². The molecule has 0 spiro atoms. The number of fused-ring (bicyclic) bond motifs is 1. The summed E-state index contributed by atoms with van der Waals surface area (Å²) in [5.74, 6) is 0. The Morgan fingerprint density at radius 2 is 1.62 bits per heavy atom. The van der Waals surface area contributed by atoms with Gasteiger partial charge >= 0.3 is 6.18 Å². The molecule has 4 N–H and O–H groups in total. The first kappa shape index (κ1) is 10.5. The van der Waals surface area contributed by atoms with Crippen molar-refractivity contribution in [2.45, 2.75) is 6.18 Å². The zero-order valence-electron chi connectivity index (χ0n) is 8.05. The van der Waals surface area contributed by atoms with Gasteiger partial charge in [-0.2, -0.15) is 13.2 Å². The van der Waals surface area contributed by atoms with Crippen molar-refractivity contribution in [3.8, 4) is 0 Å². The highest BCUT2D eigenvalue weighted by molar-refractivity contribution is 5.96. The van der Waals surface area contributed by atoms with E-state index in [9.17, 15) is 13.2 Å². The van der Waals surface area contributed by atoms with Crippen LogP contribution in [0.1, 0.15) is 5.69 Å². The second-order valence-corrected chi connectivity index (χ2v) is 3.30. The molecule has 1 aromatic heterocycles. The fourth-order valence-corrected chi connectivity index (χ4v) is 1.47. The number of nitrogens with zero attached hydrogens (tertiary/aromatic N) is 1. The fourth-order valence-electron chi connectivity index (χ4n) is 1.47. The fraction of sp³-hybridized carbons (Fsp3) is 0.100. The van der Waals surface area contributed by atoms with Crippen LogP contribution in [-0.4, -0.2) is 4.98 Å². The van der Waals surface area contributed by atoms with Crippen molar-refractivity contribution in [3.63, 3.8) is 0 Å². The van der Waals surface area contributed by atoms with Crippen molar-refractivity contribution in [2.75, 3.05) is 11.5 Å². The average Bonchev–Trinajstić information content (AvgIpc) is 2.22. The third-order valence-electron chi connectivity index (χ3n) is 2.24. The van der Waals surface area contributed by atoms with Crippen LogP contribution in [0.15, 0.2) is 24.3 Å². The summed E-state index contributed by atoms with van der Waals surface area (Å²) in [5, 5.41) is 0.424. The number of alkyl halides is 3. The average molecular weight is 227 g/mol. The molecule has 0 bridgehead atoms. The Hall–Kier alpha value is -1.98. The molecule has 0 aliphatic heterocycles. The van der Waals surface area contributed by atoms with Gasteiger partial charge in [-0.25, -0.2) is 4.98 Å². The van der Waals surface area contributed by atoms with E-state index in [1.807, 2.05) is 0 Å². The molecule has 0 fully saturated rings. The van der Waals surface area contributed by atoms with E-state index >= 15 is 0 Å². The second-order valence-electron chi connectivity index (χ2n) is 3.30. The second kappa shape index (κ2) is 3.26. The lowest BCUT2D eigenvalue weighted by atomic mass is 10.1.